The van der Waals surface area contributed by atoms with E-state index in [2.05, 4.69) is 52.4 Å². The van der Waals surface area contributed by atoms with E-state index in [0.29, 0.717) is 0 Å². The molecule has 1 aromatic carbocycles. The van der Waals surface area contributed by atoms with Gasteiger partial charge in [0, 0.05) is 68.9 Å². The minimum Gasteiger partial charge on any atom is -0.387 e. The second-order valence-electron chi connectivity index (χ2n) is 10.6. The molecule has 0 aliphatic carbocycles. The third kappa shape index (κ3) is 4.54. The highest BCUT2D eigenvalue weighted by Gasteiger charge is 2.30. The summed E-state index contributed by atoms with van der Waals surface area (Å²) in [7, 11) is 2.11. The first-order valence-corrected chi connectivity index (χ1v) is 13.5. The van der Waals surface area contributed by atoms with Gasteiger partial charge in [-0.3, -0.25) is 0 Å². The summed E-state index contributed by atoms with van der Waals surface area (Å²) in [5.74, 6) is 1.81. The van der Waals surface area contributed by atoms with E-state index in [9.17, 15) is 4.39 Å². The van der Waals surface area contributed by atoms with Crippen molar-refractivity contribution >= 4 is 23.0 Å². The first-order chi connectivity index (χ1) is 18.0. The highest BCUT2D eigenvalue weighted by Crippen LogP contribution is 2.38. The van der Waals surface area contributed by atoms with E-state index in [4.69, 9.17) is 10.1 Å². The van der Waals surface area contributed by atoms with E-state index in [-0.39, 0.29) is 11.9 Å². The quantitative estimate of drug-likeness (QED) is 0.519. The number of allylic oxidation sites excluding steroid dienone is 1. The zero-order valence-corrected chi connectivity index (χ0v) is 21.7. The molecular weight excluding hydrogens is 465 g/mol. The third-order valence-corrected chi connectivity index (χ3v) is 8.08. The SMILES string of the molecule is C=C1CCc2ccc(F)cc2C(=C)N2CCCCC2c2cc3nc(N4CCC4)cc(n3n2)N(C)CCN1. The first-order valence-electron chi connectivity index (χ1n) is 13.5. The molecule has 2 bridgehead atoms. The van der Waals surface area contributed by atoms with Gasteiger partial charge in [-0.15, -0.1) is 0 Å². The molecular formula is C29H36FN7. The lowest BCUT2D eigenvalue weighted by Crippen LogP contribution is -2.38. The Labute approximate surface area is 218 Å². The highest BCUT2D eigenvalue weighted by molar-refractivity contribution is 5.66. The molecule has 2 fully saturated rings. The molecule has 5 heterocycles. The molecule has 6 rings (SSSR count). The van der Waals surface area contributed by atoms with Crippen LogP contribution in [0.3, 0.4) is 0 Å². The van der Waals surface area contributed by atoms with Crippen molar-refractivity contribution in [2.75, 3.05) is 49.6 Å². The van der Waals surface area contributed by atoms with Crippen LogP contribution in [-0.4, -0.2) is 59.3 Å². The predicted octanol–water partition coefficient (Wildman–Crippen LogP) is 4.76. The summed E-state index contributed by atoms with van der Waals surface area (Å²) in [6.07, 6.45) is 5.97. The summed E-state index contributed by atoms with van der Waals surface area (Å²) in [5.41, 5.74) is 5.70. The monoisotopic (exact) mass is 501 g/mol. The van der Waals surface area contributed by atoms with Gasteiger partial charge in [0.15, 0.2) is 5.65 Å². The zero-order valence-electron chi connectivity index (χ0n) is 21.7. The number of aryl methyl sites for hydroxylation is 1. The Morgan fingerprint density at radius 3 is 2.68 bits per heavy atom. The number of aromatic nitrogens is 3. The fraction of sp³-hybridized carbons (Fsp3) is 0.448. The van der Waals surface area contributed by atoms with Crippen LogP contribution in [0.25, 0.3) is 11.3 Å². The second kappa shape index (κ2) is 9.72. The van der Waals surface area contributed by atoms with Crippen LogP contribution in [0.5, 0.6) is 0 Å². The minimum absolute atomic E-state index is 0.0780. The van der Waals surface area contributed by atoms with Gasteiger partial charge in [-0.1, -0.05) is 19.2 Å². The maximum Gasteiger partial charge on any atom is 0.160 e. The Bertz CT molecular complexity index is 1340. The molecule has 8 heteroatoms. The number of halogens is 1. The lowest BCUT2D eigenvalue weighted by molar-refractivity contribution is 0.226. The standard InChI is InChI=1S/C29H36FN7/c1-20-8-9-22-10-11-23(30)17-24(22)21(2)36-15-5-4-7-26(36)25-18-28-32-27(35-13-6-14-35)19-29(37(28)33-25)34(3)16-12-31-20/h10-11,17-19,26,31H,1-2,4-9,12-16H2,3H3. The van der Waals surface area contributed by atoms with Crippen molar-refractivity contribution in [3.05, 3.63) is 71.8 Å². The molecule has 0 radical (unpaired) electrons. The molecule has 2 saturated heterocycles. The van der Waals surface area contributed by atoms with Crippen molar-refractivity contribution in [2.45, 2.75) is 44.6 Å². The maximum atomic E-state index is 14.5. The number of hydrogen-bond acceptors (Lipinski definition) is 6. The fourth-order valence-corrected chi connectivity index (χ4v) is 5.75. The Morgan fingerprint density at radius 2 is 1.86 bits per heavy atom. The van der Waals surface area contributed by atoms with Crippen molar-refractivity contribution in [2.24, 2.45) is 0 Å². The Kier molecular flexibility index (Phi) is 6.26. The maximum absolute atomic E-state index is 14.5. The van der Waals surface area contributed by atoms with E-state index in [1.807, 2.05) is 10.6 Å². The summed E-state index contributed by atoms with van der Waals surface area (Å²) < 4.78 is 16.4. The number of rotatable bonds is 1. The largest absolute Gasteiger partial charge is 0.387 e. The summed E-state index contributed by atoms with van der Waals surface area (Å²) in [6, 6.07) is 9.47. The van der Waals surface area contributed by atoms with Crippen LogP contribution >= 0.6 is 0 Å². The topological polar surface area (TPSA) is 51.9 Å². The van der Waals surface area contributed by atoms with E-state index in [1.54, 1.807) is 12.1 Å². The number of benzene rings is 1. The first kappa shape index (κ1) is 23.8. The van der Waals surface area contributed by atoms with Gasteiger partial charge in [0.2, 0.25) is 0 Å². The van der Waals surface area contributed by atoms with Gasteiger partial charge in [-0.25, -0.2) is 9.37 Å². The van der Waals surface area contributed by atoms with E-state index < -0.39 is 0 Å². The number of nitrogens with one attached hydrogen (secondary N) is 1. The van der Waals surface area contributed by atoms with E-state index >= 15 is 0 Å². The molecule has 1 unspecified atom stereocenters. The molecule has 1 atom stereocenters. The smallest absolute Gasteiger partial charge is 0.160 e. The molecule has 37 heavy (non-hydrogen) atoms. The lowest BCUT2D eigenvalue weighted by Gasteiger charge is -2.38. The van der Waals surface area contributed by atoms with Gasteiger partial charge in [-0.2, -0.15) is 9.61 Å². The van der Waals surface area contributed by atoms with Crippen LogP contribution in [0.2, 0.25) is 0 Å². The van der Waals surface area contributed by atoms with Gasteiger partial charge < -0.3 is 20.0 Å². The Morgan fingerprint density at radius 1 is 1.00 bits per heavy atom. The minimum atomic E-state index is -0.233. The van der Waals surface area contributed by atoms with Crippen LogP contribution in [0.1, 0.15) is 55.0 Å². The summed E-state index contributed by atoms with van der Waals surface area (Å²) in [6.45, 7) is 13.3. The van der Waals surface area contributed by atoms with Crippen LogP contribution < -0.4 is 15.1 Å². The van der Waals surface area contributed by atoms with Gasteiger partial charge in [-0.05, 0) is 56.2 Å². The van der Waals surface area contributed by atoms with Crippen LogP contribution in [0.4, 0.5) is 16.0 Å². The lowest BCUT2D eigenvalue weighted by atomic mass is 9.94. The normalized spacial score (nSPS) is 21.0. The average molecular weight is 502 g/mol. The van der Waals surface area contributed by atoms with Crippen LogP contribution in [0.15, 0.2) is 49.2 Å². The summed E-state index contributed by atoms with van der Waals surface area (Å²) in [5, 5.41) is 8.61. The summed E-state index contributed by atoms with van der Waals surface area (Å²) in [4.78, 5) is 11.9. The summed E-state index contributed by atoms with van der Waals surface area (Å²) >= 11 is 0. The molecule has 3 aliphatic heterocycles. The number of nitrogens with zero attached hydrogens (tertiary/aromatic N) is 6. The number of anilines is 2. The van der Waals surface area contributed by atoms with Crippen molar-refractivity contribution in [1.82, 2.24) is 24.8 Å². The highest BCUT2D eigenvalue weighted by atomic mass is 19.1. The van der Waals surface area contributed by atoms with Crippen LogP contribution in [-0.2, 0) is 6.42 Å². The zero-order chi connectivity index (χ0) is 25.5. The molecule has 0 spiro atoms. The van der Waals surface area contributed by atoms with Crippen molar-refractivity contribution in [1.29, 1.82) is 0 Å². The molecule has 0 saturated carbocycles. The van der Waals surface area contributed by atoms with Gasteiger partial charge >= 0.3 is 0 Å². The third-order valence-electron chi connectivity index (χ3n) is 8.08. The molecule has 7 nitrogen and oxygen atoms in total. The number of likely N-dealkylation sites (N-methyl/N-ethyl adjacent to an activating group) is 1. The number of fused-ring (bicyclic) bond motifs is 4. The molecule has 3 aliphatic rings. The van der Waals surface area contributed by atoms with Crippen LogP contribution in [0, 0.1) is 5.82 Å². The van der Waals surface area contributed by atoms with Crippen molar-refractivity contribution in [3.63, 3.8) is 0 Å². The van der Waals surface area contributed by atoms with Crippen molar-refractivity contribution in [3.8, 4) is 0 Å². The van der Waals surface area contributed by atoms with Gasteiger partial charge in [0.1, 0.15) is 17.5 Å². The number of hydrogen-bond donors (Lipinski definition) is 1. The number of piperidine rings is 1. The molecule has 2 aromatic heterocycles. The predicted molar refractivity (Wildman–Crippen MR) is 147 cm³/mol. The average Bonchev–Trinajstić information content (AvgIpc) is 3.29. The molecule has 0 amide bonds. The Balaban J connectivity index is 1.47. The van der Waals surface area contributed by atoms with E-state index in [0.717, 1.165) is 110 Å². The van der Waals surface area contributed by atoms with Crippen molar-refractivity contribution < 1.29 is 4.39 Å². The van der Waals surface area contributed by atoms with Gasteiger partial charge in [0.05, 0.1) is 11.7 Å². The Hall–Kier alpha value is -3.55. The molecule has 194 valence electrons. The molecule has 3 aromatic rings. The second-order valence-corrected chi connectivity index (χ2v) is 10.6. The molecule has 1 N–H and O–H groups in total. The van der Waals surface area contributed by atoms with E-state index in [1.165, 1.54) is 6.42 Å². The fourth-order valence-electron chi connectivity index (χ4n) is 5.75. The van der Waals surface area contributed by atoms with Gasteiger partial charge in [0.25, 0.3) is 0 Å².